The van der Waals surface area contributed by atoms with E-state index in [1.807, 2.05) is 6.08 Å². The molecule has 6 heteroatoms. The van der Waals surface area contributed by atoms with Crippen molar-refractivity contribution < 1.29 is 28.6 Å². The number of hydrogen-bond acceptors (Lipinski definition) is 6. The number of unbranched alkanes of at least 4 members (excludes halogenated alkanes) is 25. The number of carbonyl (C=O) groups excluding carboxylic acids is 3. The molecule has 70 heavy (non-hydrogen) atoms. The third-order valence-electron chi connectivity index (χ3n) is 12.3. The van der Waals surface area contributed by atoms with Gasteiger partial charge in [0, 0.05) is 19.3 Å². The zero-order valence-electron chi connectivity index (χ0n) is 45.8. The minimum absolute atomic E-state index is 0.107. The highest BCUT2D eigenvalue weighted by molar-refractivity contribution is 5.71. The number of hydrogen-bond donors (Lipinski definition) is 0. The van der Waals surface area contributed by atoms with Crippen molar-refractivity contribution in [2.24, 2.45) is 0 Å². The number of esters is 3. The highest BCUT2D eigenvalue weighted by Crippen LogP contribution is 2.15. The maximum Gasteiger partial charge on any atom is 0.306 e. The quantitative estimate of drug-likeness (QED) is 0.0262. The van der Waals surface area contributed by atoms with Crippen LogP contribution in [0.15, 0.2) is 97.2 Å². The monoisotopic (exact) mass is 973 g/mol. The van der Waals surface area contributed by atoms with Crippen LogP contribution in [-0.4, -0.2) is 37.2 Å². The van der Waals surface area contributed by atoms with Crippen LogP contribution in [0.4, 0.5) is 0 Å². The molecule has 0 heterocycles. The average molecular weight is 974 g/mol. The molecule has 0 saturated heterocycles. The molecule has 0 aromatic heterocycles. The molecule has 0 radical (unpaired) electrons. The van der Waals surface area contributed by atoms with E-state index < -0.39 is 12.1 Å². The summed E-state index contributed by atoms with van der Waals surface area (Å²) >= 11 is 0. The highest BCUT2D eigenvalue weighted by atomic mass is 16.6. The first kappa shape index (κ1) is 66.3. The lowest BCUT2D eigenvalue weighted by molar-refractivity contribution is -0.166. The standard InChI is InChI=1S/C64H108O6/c1-4-7-10-13-16-19-22-25-27-29-31-32-34-35-37-39-42-45-48-51-54-57-63(66)69-60-61(59-68-62(65)56-53-50-47-44-41-24-21-18-15-12-9-6-3)70-64(67)58-55-52-49-46-43-40-38-36-33-30-28-26-23-20-17-14-11-8-5-2/h8,11,17,20,22,25-26,28-29,31,33,36,40,43,49,52,61H,4-7,9-10,12-16,18-19,21,23-24,27,30,32,34-35,37-39,41-42,44-48,50-51,53-60H2,1-3H3/b11-8-,20-17-,25-22-,28-26-,31-29-,36-33-,43-40-,52-49-. The maximum absolute atomic E-state index is 12.8. The molecule has 0 amide bonds. The van der Waals surface area contributed by atoms with E-state index in [-0.39, 0.29) is 31.6 Å². The number of allylic oxidation sites excluding steroid dienone is 16. The van der Waals surface area contributed by atoms with Gasteiger partial charge in [0.05, 0.1) is 0 Å². The molecule has 0 bridgehead atoms. The van der Waals surface area contributed by atoms with Gasteiger partial charge >= 0.3 is 17.9 Å². The van der Waals surface area contributed by atoms with Gasteiger partial charge in [-0.1, -0.05) is 259 Å². The van der Waals surface area contributed by atoms with Crippen LogP contribution in [0, 0.1) is 0 Å². The van der Waals surface area contributed by atoms with E-state index in [9.17, 15) is 14.4 Å². The predicted molar refractivity (Wildman–Crippen MR) is 302 cm³/mol. The lowest BCUT2D eigenvalue weighted by Gasteiger charge is -2.18. The summed E-state index contributed by atoms with van der Waals surface area (Å²) in [5.74, 6) is -0.992. The lowest BCUT2D eigenvalue weighted by atomic mass is 10.0. The van der Waals surface area contributed by atoms with Gasteiger partial charge in [-0.3, -0.25) is 14.4 Å². The van der Waals surface area contributed by atoms with Gasteiger partial charge in [0.1, 0.15) is 13.2 Å². The van der Waals surface area contributed by atoms with Crippen LogP contribution < -0.4 is 0 Å². The molecule has 1 atom stereocenters. The van der Waals surface area contributed by atoms with Crippen molar-refractivity contribution in [3.63, 3.8) is 0 Å². The van der Waals surface area contributed by atoms with E-state index in [0.29, 0.717) is 19.3 Å². The van der Waals surface area contributed by atoms with Crippen LogP contribution in [0.25, 0.3) is 0 Å². The first-order valence-corrected chi connectivity index (χ1v) is 29.2. The first-order valence-electron chi connectivity index (χ1n) is 29.2. The van der Waals surface area contributed by atoms with Gasteiger partial charge in [-0.05, 0) is 89.9 Å². The fourth-order valence-corrected chi connectivity index (χ4v) is 7.97. The Morgan fingerprint density at radius 1 is 0.300 bits per heavy atom. The molecule has 0 aliphatic heterocycles. The summed E-state index contributed by atoms with van der Waals surface area (Å²) in [6.45, 7) is 6.46. The first-order chi connectivity index (χ1) is 34.5. The number of ether oxygens (including phenoxy) is 3. The molecule has 6 nitrogen and oxygen atoms in total. The Kier molecular flexibility index (Phi) is 54.9. The van der Waals surface area contributed by atoms with Gasteiger partial charge in [-0.25, -0.2) is 0 Å². The second-order valence-electron chi connectivity index (χ2n) is 19.2. The van der Waals surface area contributed by atoms with Crippen LogP contribution in [0.5, 0.6) is 0 Å². The van der Waals surface area contributed by atoms with E-state index in [0.717, 1.165) is 83.5 Å². The fraction of sp³-hybridized carbons (Fsp3) is 0.703. The number of carbonyl (C=O) groups is 3. The molecule has 400 valence electrons. The van der Waals surface area contributed by atoms with Gasteiger partial charge in [0.15, 0.2) is 6.10 Å². The molecule has 0 fully saturated rings. The number of rotatable bonds is 52. The van der Waals surface area contributed by atoms with Crippen molar-refractivity contribution in [1.29, 1.82) is 0 Å². The molecular weight excluding hydrogens is 865 g/mol. The van der Waals surface area contributed by atoms with Crippen molar-refractivity contribution in [2.75, 3.05) is 13.2 Å². The maximum atomic E-state index is 12.8. The van der Waals surface area contributed by atoms with Crippen LogP contribution in [0.2, 0.25) is 0 Å². The molecule has 1 unspecified atom stereocenters. The molecule has 0 aliphatic carbocycles. The van der Waals surface area contributed by atoms with Crippen molar-refractivity contribution in [2.45, 2.75) is 277 Å². The highest BCUT2D eigenvalue weighted by Gasteiger charge is 2.19. The molecule has 0 saturated carbocycles. The van der Waals surface area contributed by atoms with Gasteiger partial charge in [-0.2, -0.15) is 0 Å². The van der Waals surface area contributed by atoms with E-state index in [1.165, 1.54) is 141 Å². The molecule has 0 aliphatic rings. The lowest BCUT2D eigenvalue weighted by Crippen LogP contribution is -2.30. The summed E-state index contributed by atoms with van der Waals surface area (Å²) in [5, 5.41) is 0. The minimum atomic E-state index is -0.819. The van der Waals surface area contributed by atoms with Gasteiger partial charge in [0.2, 0.25) is 0 Å². The van der Waals surface area contributed by atoms with E-state index in [1.54, 1.807) is 0 Å². The predicted octanol–water partition coefficient (Wildman–Crippen LogP) is 19.7. The summed E-state index contributed by atoms with van der Waals surface area (Å²) < 4.78 is 16.8. The van der Waals surface area contributed by atoms with Gasteiger partial charge < -0.3 is 14.2 Å². The topological polar surface area (TPSA) is 78.9 Å². The summed E-state index contributed by atoms with van der Waals surface area (Å²) in [5.41, 5.74) is 0. The molecule has 0 N–H and O–H groups in total. The van der Waals surface area contributed by atoms with Gasteiger partial charge in [0.25, 0.3) is 0 Å². The SMILES string of the molecule is CC/C=C\C/C=C\C/C=C\C/C=C\C/C=C\C/C=C\CCC(=O)OC(COC(=O)CCCCCCCCCCC/C=C\C/C=C\CCCCCCC)COC(=O)CCCCCCCCCCCCCC. The fourth-order valence-electron chi connectivity index (χ4n) is 7.97. The minimum Gasteiger partial charge on any atom is -0.462 e. The Morgan fingerprint density at radius 3 is 0.929 bits per heavy atom. The van der Waals surface area contributed by atoms with Crippen LogP contribution in [0.3, 0.4) is 0 Å². The van der Waals surface area contributed by atoms with Crippen molar-refractivity contribution in [3.05, 3.63) is 97.2 Å². The van der Waals surface area contributed by atoms with E-state index >= 15 is 0 Å². The summed E-state index contributed by atoms with van der Waals surface area (Å²) in [6, 6.07) is 0. The van der Waals surface area contributed by atoms with Crippen LogP contribution >= 0.6 is 0 Å². The third-order valence-corrected chi connectivity index (χ3v) is 12.3. The summed E-state index contributed by atoms with van der Waals surface area (Å²) in [7, 11) is 0. The second kappa shape index (κ2) is 57.9. The Labute approximate surface area is 432 Å². The molecule has 0 rings (SSSR count). The molecular formula is C64H108O6. The molecule has 0 spiro atoms. The Morgan fingerprint density at radius 2 is 0.586 bits per heavy atom. The Balaban J connectivity index is 4.45. The van der Waals surface area contributed by atoms with Crippen molar-refractivity contribution in [1.82, 2.24) is 0 Å². The zero-order chi connectivity index (χ0) is 50.7. The van der Waals surface area contributed by atoms with Crippen molar-refractivity contribution in [3.8, 4) is 0 Å². The molecule has 0 aromatic carbocycles. The Hall–Kier alpha value is -3.67. The second-order valence-corrected chi connectivity index (χ2v) is 19.2. The van der Waals surface area contributed by atoms with Gasteiger partial charge in [-0.15, -0.1) is 0 Å². The van der Waals surface area contributed by atoms with Crippen molar-refractivity contribution >= 4 is 17.9 Å². The van der Waals surface area contributed by atoms with E-state index in [2.05, 4.69) is 112 Å². The average Bonchev–Trinajstić information content (AvgIpc) is 3.36. The largest absolute Gasteiger partial charge is 0.462 e. The summed E-state index contributed by atoms with van der Waals surface area (Å²) in [6.07, 6.45) is 77.0. The molecule has 0 aromatic rings. The zero-order valence-corrected chi connectivity index (χ0v) is 45.8. The Bertz CT molecular complexity index is 1400. The normalized spacial score (nSPS) is 12.8. The smallest absolute Gasteiger partial charge is 0.306 e. The van der Waals surface area contributed by atoms with Crippen LogP contribution in [-0.2, 0) is 28.6 Å². The van der Waals surface area contributed by atoms with E-state index in [4.69, 9.17) is 14.2 Å². The van der Waals surface area contributed by atoms with Crippen LogP contribution in [0.1, 0.15) is 271 Å². The third kappa shape index (κ3) is 55.3. The summed E-state index contributed by atoms with van der Waals surface area (Å²) in [4.78, 5) is 38.1.